The van der Waals surface area contributed by atoms with Crippen molar-refractivity contribution >= 4 is 11.9 Å². The monoisotopic (exact) mass is 434 g/mol. The first-order valence-electron chi connectivity index (χ1n) is 11.3. The summed E-state index contributed by atoms with van der Waals surface area (Å²) < 4.78 is 0. The Morgan fingerprint density at radius 3 is 1.44 bits per heavy atom. The Kier molecular flexibility index (Phi) is 7.02. The minimum Gasteiger partial charge on any atom is -0.363 e. The van der Waals surface area contributed by atoms with Gasteiger partial charge in [-0.15, -0.1) is 10.1 Å². The quantitative estimate of drug-likeness (QED) is 0.602. The average Bonchev–Trinajstić information content (AvgIpc) is 3.36. The molecule has 6 nitrogen and oxygen atoms in total. The highest BCUT2D eigenvalue weighted by Gasteiger charge is 2.36. The summed E-state index contributed by atoms with van der Waals surface area (Å²) in [5.74, 6) is -1.16. The number of nitrogens with zero attached hydrogens (tertiary/aromatic N) is 2. The molecule has 2 fully saturated rings. The lowest BCUT2D eigenvalue weighted by Crippen LogP contribution is -2.32. The van der Waals surface area contributed by atoms with Gasteiger partial charge >= 0.3 is 11.9 Å². The maximum Gasteiger partial charge on any atom is 0.349 e. The Morgan fingerprint density at radius 2 is 1.06 bits per heavy atom. The van der Waals surface area contributed by atoms with Crippen LogP contribution in [0.2, 0.25) is 0 Å². The summed E-state index contributed by atoms with van der Waals surface area (Å²) in [7, 11) is 0. The van der Waals surface area contributed by atoms with Crippen LogP contribution >= 0.6 is 0 Å². The summed E-state index contributed by atoms with van der Waals surface area (Å²) in [4.78, 5) is 36.1. The Hall–Kier alpha value is -2.96. The number of hydrogen-bond donors (Lipinski definition) is 0. The van der Waals surface area contributed by atoms with Crippen molar-refractivity contribution in [3.05, 3.63) is 83.9 Å². The van der Waals surface area contributed by atoms with Gasteiger partial charge in [0.1, 0.15) is 0 Å². The van der Waals surface area contributed by atoms with Gasteiger partial charge in [0.25, 0.3) is 0 Å². The highest BCUT2D eigenvalue weighted by atomic mass is 16.7. The SMILES string of the molecule is CC1CCC(c2ccccc2)N1OC(=O)/C=C/C(=O)ON1C(C)CCC1c1ccccc1. The number of carbonyl (C=O) groups excluding carboxylic acids is 2. The fourth-order valence-electron chi connectivity index (χ4n) is 4.61. The minimum absolute atomic E-state index is 0.0209. The molecule has 2 aliphatic rings. The van der Waals surface area contributed by atoms with Crippen LogP contribution in [0.3, 0.4) is 0 Å². The topological polar surface area (TPSA) is 59.1 Å². The summed E-state index contributed by atoms with van der Waals surface area (Å²) >= 11 is 0. The van der Waals surface area contributed by atoms with Crippen LogP contribution in [0, 0.1) is 0 Å². The Morgan fingerprint density at radius 1 is 0.688 bits per heavy atom. The van der Waals surface area contributed by atoms with Crippen LogP contribution in [0.15, 0.2) is 72.8 Å². The molecule has 0 radical (unpaired) electrons. The van der Waals surface area contributed by atoms with Gasteiger partial charge in [-0.25, -0.2) is 9.59 Å². The highest BCUT2D eigenvalue weighted by Crippen LogP contribution is 2.37. The van der Waals surface area contributed by atoms with Crippen molar-refractivity contribution in [1.82, 2.24) is 10.1 Å². The molecule has 4 unspecified atom stereocenters. The molecule has 2 aromatic rings. The fraction of sp³-hybridized carbons (Fsp3) is 0.385. The minimum atomic E-state index is -0.578. The molecule has 2 aromatic carbocycles. The Balaban J connectivity index is 1.35. The zero-order valence-electron chi connectivity index (χ0n) is 18.6. The van der Waals surface area contributed by atoms with E-state index in [0.717, 1.165) is 49.0 Å². The van der Waals surface area contributed by atoms with Crippen LogP contribution in [0.5, 0.6) is 0 Å². The average molecular weight is 435 g/mol. The van der Waals surface area contributed by atoms with Crippen LogP contribution in [0.25, 0.3) is 0 Å². The zero-order valence-corrected chi connectivity index (χ0v) is 18.6. The maximum absolute atomic E-state index is 12.4. The smallest absolute Gasteiger partial charge is 0.349 e. The van der Waals surface area contributed by atoms with E-state index in [2.05, 4.69) is 0 Å². The van der Waals surface area contributed by atoms with Crippen LogP contribution < -0.4 is 0 Å². The van der Waals surface area contributed by atoms with Gasteiger partial charge in [-0.3, -0.25) is 0 Å². The molecule has 2 heterocycles. The molecule has 0 aromatic heterocycles. The first-order valence-corrected chi connectivity index (χ1v) is 11.3. The summed E-state index contributed by atoms with van der Waals surface area (Å²) in [6.07, 6.45) is 6.00. The van der Waals surface area contributed by atoms with Crippen molar-refractivity contribution in [2.75, 3.05) is 0 Å². The van der Waals surface area contributed by atoms with Gasteiger partial charge in [-0.2, -0.15) is 0 Å². The van der Waals surface area contributed by atoms with Gasteiger partial charge < -0.3 is 9.68 Å². The van der Waals surface area contributed by atoms with E-state index in [1.165, 1.54) is 0 Å². The highest BCUT2D eigenvalue weighted by molar-refractivity contribution is 5.91. The van der Waals surface area contributed by atoms with Crippen LogP contribution in [-0.4, -0.2) is 34.1 Å². The van der Waals surface area contributed by atoms with Crippen molar-refractivity contribution in [3.63, 3.8) is 0 Å². The maximum atomic E-state index is 12.4. The third-order valence-electron chi connectivity index (χ3n) is 6.31. The van der Waals surface area contributed by atoms with Gasteiger partial charge in [0.15, 0.2) is 0 Å². The summed E-state index contributed by atoms with van der Waals surface area (Å²) in [5, 5.41) is 3.47. The molecule has 2 aliphatic heterocycles. The second-order valence-electron chi connectivity index (χ2n) is 8.58. The molecular weight excluding hydrogens is 404 g/mol. The Bertz CT molecular complexity index is 869. The van der Waals surface area contributed by atoms with Gasteiger partial charge in [-0.05, 0) is 50.7 Å². The molecule has 0 aliphatic carbocycles. The molecule has 6 heteroatoms. The second-order valence-corrected chi connectivity index (χ2v) is 8.58. The summed E-state index contributed by atoms with van der Waals surface area (Å²) in [5.41, 5.74) is 2.23. The largest absolute Gasteiger partial charge is 0.363 e. The van der Waals surface area contributed by atoms with Gasteiger partial charge in [0, 0.05) is 24.2 Å². The van der Waals surface area contributed by atoms with E-state index in [9.17, 15) is 9.59 Å². The normalized spacial score (nSPS) is 26.4. The van der Waals surface area contributed by atoms with Crippen molar-refractivity contribution in [2.45, 2.75) is 63.7 Å². The lowest BCUT2D eigenvalue weighted by molar-refractivity contribution is -0.201. The lowest BCUT2D eigenvalue weighted by Gasteiger charge is -2.26. The van der Waals surface area contributed by atoms with Crippen molar-refractivity contribution in [3.8, 4) is 0 Å². The van der Waals surface area contributed by atoms with Crippen LogP contribution in [0.4, 0.5) is 0 Å². The van der Waals surface area contributed by atoms with E-state index in [4.69, 9.17) is 9.68 Å². The first kappa shape index (κ1) is 22.2. The van der Waals surface area contributed by atoms with Gasteiger partial charge in [0.05, 0.1) is 12.1 Å². The van der Waals surface area contributed by atoms with E-state index in [1.54, 1.807) is 10.1 Å². The fourth-order valence-corrected chi connectivity index (χ4v) is 4.61. The van der Waals surface area contributed by atoms with Gasteiger partial charge in [0.2, 0.25) is 0 Å². The molecule has 0 amide bonds. The van der Waals surface area contributed by atoms with E-state index in [1.807, 2.05) is 74.5 Å². The predicted molar refractivity (Wildman–Crippen MR) is 121 cm³/mol. The number of rotatable bonds is 6. The molecule has 4 rings (SSSR count). The molecule has 0 saturated carbocycles. The molecule has 2 saturated heterocycles. The van der Waals surface area contributed by atoms with Crippen LogP contribution in [0.1, 0.15) is 62.7 Å². The molecule has 32 heavy (non-hydrogen) atoms. The van der Waals surface area contributed by atoms with E-state index in [-0.39, 0.29) is 24.2 Å². The van der Waals surface area contributed by atoms with Crippen LogP contribution in [-0.2, 0) is 19.3 Å². The number of benzene rings is 2. The molecule has 0 spiro atoms. The van der Waals surface area contributed by atoms with Gasteiger partial charge in [-0.1, -0.05) is 60.7 Å². The number of hydroxylamine groups is 4. The van der Waals surface area contributed by atoms with E-state index >= 15 is 0 Å². The summed E-state index contributed by atoms with van der Waals surface area (Å²) in [6.45, 7) is 4.07. The third kappa shape index (κ3) is 5.09. The molecule has 4 atom stereocenters. The Labute approximate surface area is 189 Å². The molecule has 0 N–H and O–H groups in total. The molecule has 0 bridgehead atoms. The second kappa shape index (κ2) is 10.1. The summed E-state index contributed by atoms with van der Waals surface area (Å²) in [6, 6.07) is 20.3. The van der Waals surface area contributed by atoms with Crippen molar-refractivity contribution in [2.24, 2.45) is 0 Å². The standard InChI is InChI=1S/C26H30N2O4/c1-19-13-15-23(21-9-5-3-6-10-21)27(19)31-25(29)17-18-26(30)32-28-20(2)14-16-24(28)22-11-7-4-8-12-22/h3-12,17-20,23-24H,13-16H2,1-2H3/b18-17+. The number of carbonyl (C=O) groups is 2. The molecule has 168 valence electrons. The van der Waals surface area contributed by atoms with Crippen molar-refractivity contribution < 1.29 is 19.3 Å². The molecular formula is C26H30N2O4. The number of hydrogen-bond acceptors (Lipinski definition) is 6. The zero-order chi connectivity index (χ0) is 22.5. The van der Waals surface area contributed by atoms with E-state index < -0.39 is 11.9 Å². The third-order valence-corrected chi connectivity index (χ3v) is 6.31. The predicted octanol–water partition coefficient (Wildman–Crippen LogP) is 4.91. The first-order chi connectivity index (χ1) is 15.5. The van der Waals surface area contributed by atoms with Crippen molar-refractivity contribution in [1.29, 1.82) is 0 Å². The lowest BCUT2D eigenvalue weighted by atomic mass is 10.1. The van der Waals surface area contributed by atoms with E-state index in [0.29, 0.717) is 0 Å².